The number of aryl methyl sites for hydroxylation is 3. The van der Waals surface area contributed by atoms with Crippen LogP contribution < -0.4 is 11.1 Å². The first-order valence-electron chi connectivity index (χ1n) is 6.03. The van der Waals surface area contributed by atoms with Crippen molar-refractivity contribution in [3.63, 3.8) is 0 Å². The first-order valence-corrected chi connectivity index (χ1v) is 6.03. The van der Waals surface area contributed by atoms with Crippen molar-refractivity contribution in [3.05, 3.63) is 28.8 Å². The van der Waals surface area contributed by atoms with Gasteiger partial charge in [-0.25, -0.2) is 0 Å². The van der Waals surface area contributed by atoms with Crippen LogP contribution in [0.15, 0.2) is 12.1 Å². The number of carbonyl (C=O) groups excluding carboxylic acids is 1. The number of halogens is 1. The van der Waals surface area contributed by atoms with Crippen molar-refractivity contribution in [1.29, 1.82) is 0 Å². The number of hydrogen-bond donors (Lipinski definition) is 2. The molecule has 1 amide bonds. The average Bonchev–Trinajstić information content (AvgIpc) is 2.20. The van der Waals surface area contributed by atoms with Gasteiger partial charge in [0.1, 0.15) is 0 Å². The Hall–Kier alpha value is -1.06. The van der Waals surface area contributed by atoms with Crippen molar-refractivity contribution in [1.82, 2.24) is 0 Å². The lowest BCUT2D eigenvalue weighted by molar-refractivity contribution is -0.116. The fraction of sp³-hybridized carbons (Fsp3) is 0.500. The van der Waals surface area contributed by atoms with Crippen molar-refractivity contribution in [3.8, 4) is 0 Å². The number of nitrogens with one attached hydrogen (secondary N) is 1. The summed E-state index contributed by atoms with van der Waals surface area (Å²) >= 11 is 0. The highest BCUT2D eigenvalue weighted by atomic mass is 35.5. The van der Waals surface area contributed by atoms with Gasteiger partial charge in [0.15, 0.2) is 0 Å². The normalized spacial score (nSPS) is 11.6. The van der Waals surface area contributed by atoms with Gasteiger partial charge in [0.25, 0.3) is 0 Å². The summed E-state index contributed by atoms with van der Waals surface area (Å²) in [5.41, 5.74) is 10.0. The zero-order valence-corrected chi connectivity index (χ0v) is 12.4. The molecule has 0 fully saturated rings. The Morgan fingerprint density at radius 3 is 2.22 bits per heavy atom. The highest BCUT2D eigenvalue weighted by Crippen LogP contribution is 2.22. The van der Waals surface area contributed by atoms with Gasteiger partial charge < -0.3 is 11.1 Å². The fourth-order valence-corrected chi connectivity index (χ4v) is 1.94. The topological polar surface area (TPSA) is 55.1 Å². The van der Waals surface area contributed by atoms with Crippen LogP contribution in [-0.2, 0) is 4.79 Å². The summed E-state index contributed by atoms with van der Waals surface area (Å²) in [6.07, 6.45) is 1.19. The molecule has 1 unspecified atom stereocenters. The molecule has 0 saturated carbocycles. The van der Waals surface area contributed by atoms with Crippen LogP contribution >= 0.6 is 12.4 Å². The molecule has 18 heavy (non-hydrogen) atoms. The third-order valence-electron chi connectivity index (χ3n) is 2.77. The van der Waals surface area contributed by atoms with Crippen LogP contribution in [0.2, 0.25) is 0 Å². The quantitative estimate of drug-likeness (QED) is 0.883. The molecule has 0 radical (unpaired) electrons. The zero-order chi connectivity index (χ0) is 13.0. The molecule has 0 aliphatic rings. The first kappa shape index (κ1) is 16.9. The second kappa shape index (κ2) is 7.39. The molecule has 102 valence electrons. The number of anilines is 1. The van der Waals surface area contributed by atoms with E-state index < -0.39 is 0 Å². The predicted molar refractivity (Wildman–Crippen MR) is 79.4 cm³/mol. The Labute approximate surface area is 116 Å². The first-order chi connectivity index (χ1) is 7.90. The van der Waals surface area contributed by atoms with Crippen LogP contribution in [0.1, 0.15) is 36.5 Å². The van der Waals surface area contributed by atoms with Gasteiger partial charge in [0.2, 0.25) is 5.91 Å². The molecule has 0 saturated heterocycles. The van der Waals surface area contributed by atoms with E-state index in [2.05, 4.69) is 24.4 Å². The number of rotatable bonds is 4. The van der Waals surface area contributed by atoms with E-state index in [1.165, 1.54) is 5.56 Å². The Morgan fingerprint density at radius 2 is 1.78 bits per heavy atom. The molecule has 0 heterocycles. The van der Waals surface area contributed by atoms with Crippen molar-refractivity contribution in [2.45, 2.75) is 46.6 Å². The summed E-state index contributed by atoms with van der Waals surface area (Å²) in [6.45, 7) is 8.00. The van der Waals surface area contributed by atoms with Gasteiger partial charge in [0.05, 0.1) is 0 Å². The number of hydrogen-bond acceptors (Lipinski definition) is 2. The number of benzene rings is 1. The van der Waals surface area contributed by atoms with Crippen LogP contribution in [-0.4, -0.2) is 11.9 Å². The second-order valence-corrected chi connectivity index (χ2v) is 4.84. The predicted octanol–water partition coefficient (Wildman–Crippen LogP) is 3.10. The minimum absolute atomic E-state index is 0. The Balaban J connectivity index is 0.00000289. The van der Waals surface area contributed by atoms with Crippen LogP contribution in [0.4, 0.5) is 5.69 Å². The lowest BCUT2D eigenvalue weighted by Crippen LogP contribution is -2.20. The molecule has 4 heteroatoms. The number of nitrogens with two attached hydrogens (primary N) is 1. The second-order valence-electron chi connectivity index (χ2n) is 4.84. The van der Waals surface area contributed by atoms with Crippen LogP contribution in [0.25, 0.3) is 0 Å². The summed E-state index contributed by atoms with van der Waals surface area (Å²) in [5.74, 6) is 0.0392. The van der Waals surface area contributed by atoms with Gasteiger partial charge in [0, 0.05) is 18.2 Å². The zero-order valence-electron chi connectivity index (χ0n) is 11.5. The smallest absolute Gasteiger partial charge is 0.224 e. The lowest BCUT2D eigenvalue weighted by atomic mass is 10.0. The van der Waals surface area contributed by atoms with Gasteiger partial charge in [-0.3, -0.25) is 4.79 Å². The lowest BCUT2D eigenvalue weighted by Gasteiger charge is -2.13. The maximum Gasteiger partial charge on any atom is 0.224 e. The Morgan fingerprint density at radius 1 is 1.28 bits per heavy atom. The van der Waals surface area contributed by atoms with E-state index in [1.54, 1.807) is 0 Å². The van der Waals surface area contributed by atoms with E-state index in [1.807, 2.05) is 20.8 Å². The molecule has 0 aliphatic carbocycles. The van der Waals surface area contributed by atoms with Gasteiger partial charge in [-0.05, 0) is 45.2 Å². The van der Waals surface area contributed by atoms with Crippen molar-refractivity contribution < 1.29 is 4.79 Å². The van der Waals surface area contributed by atoms with E-state index in [-0.39, 0.29) is 24.4 Å². The summed E-state index contributed by atoms with van der Waals surface area (Å²) in [5, 5.41) is 2.97. The molecule has 3 nitrogen and oxygen atoms in total. The summed E-state index contributed by atoms with van der Waals surface area (Å²) in [4.78, 5) is 11.7. The van der Waals surface area contributed by atoms with Crippen LogP contribution in [0.3, 0.4) is 0 Å². The summed E-state index contributed by atoms with van der Waals surface area (Å²) in [6, 6.07) is 4.23. The minimum Gasteiger partial charge on any atom is -0.328 e. The SMILES string of the molecule is Cc1cc(C)c(NC(=O)CCC(C)N)c(C)c1.Cl. The average molecular weight is 271 g/mol. The van der Waals surface area contributed by atoms with Gasteiger partial charge >= 0.3 is 0 Å². The monoisotopic (exact) mass is 270 g/mol. The maximum absolute atomic E-state index is 11.7. The Bertz CT molecular complexity index is 393. The Kier molecular flexibility index (Phi) is 6.96. The van der Waals surface area contributed by atoms with Crippen LogP contribution in [0.5, 0.6) is 0 Å². The molecule has 1 aromatic carbocycles. The summed E-state index contributed by atoms with van der Waals surface area (Å²) in [7, 11) is 0. The van der Waals surface area contributed by atoms with Crippen molar-refractivity contribution >= 4 is 24.0 Å². The molecule has 3 N–H and O–H groups in total. The van der Waals surface area contributed by atoms with E-state index in [0.717, 1.165) is 23.2 Å². The highest BCUT2D eigenvalue weighted by Gasteiger charge is 2.08. The van der Waals surface area contributed by atoms with Crippen molar-refractivity contribution in [2.75, 3.05) is 5.32 Å². The van der Waals surface area contributed by atoms with Crippen LogP contribution in [0, 0.1) is 20.8 Å². The molecule has 0 aromatic heterocycles. The molecule has 1 aromatic rings. The fourth-order valence-electron chi connectivity index (χ4n) is 1.94. The number of amides is 1. The third-order valence-corrected chi connectivity index (χ3v) is 2.77. The maximum atomic E-state index is 11.7. The van der Waals surface area contributed by atoms with E-state index in [0.29, 0.717) is 6.42 Å². The highest BCUT2D eigenvalue weighted by molar-refractivity contribution is 5.92. The molecule has 1 rings (SSSR count). The molecule has 1 atom stereocenters. The standard InChI is InChI=1S/C14H22N2O.ClH/c1-9-7-10(2)14(11(3)8-9)16-13(17)6-5-12(4)15;/h7-8,12H,5-6,15H2,1-4H3,(H,16,17);1H. The largest absolute Gasteiger partial charge is 0.328 e. The molecular weight excluding hydrogens is 248 g/mol. The molecule has 0 aliphatic heterocycles. The molecule has 0 bridgehead atoms. The van der Waals surface area contributed by atoms with E-state index in [9.17, 15) is 4.79 Å². The van der Waals surface area contributed by atoms with E-state index in [4.69, 9.17) is 5.73 Å². The van der Waals surface area contributed by atoms with E-state index >= 15 is 0 Å². The van der Waals surface area contributed by atoms with Gasteiger partial charge in [-0.15, -0.1) is 12.4 Å². The molecular formula is C14H23ClN2O. The third kappa shape index (κ3) is 5.07. The molecule has 0 spiro atoms. The van der Waals surface area contributed by atoms with Gasteiger partial charge in [-0.1, -0.05) is 17.7 Å². The van der Waals surface area contributed by atoms with Crippen molar-refractivity contribution in [2.24, 2.45) is 5.73 Å². The summed E-state index contributed by atoms with van der Waals surface area (Å²) < 4.78 is 0. The van der Waals surface area contributed by atoms with Gasteiger partial charge in [-0.2, -0.15) is 0 Å². The number of carbonyl (C=O) groups is 1. The minimum atomic E-state index is 0.